The van der Waals surface area contributed by atoms with E-state index < -0.39 is 0 Å². The number of anilines is 1. The third-order valence-electron chi connectivity index (χ3n) is 5.81. The van der Waals surface area contributed by atoms with Gasteiger partial charge in [0, 0.05) is 30.5 Å². The Bertz CT molecular complexity index is 1130. The standard InChI is InChI=1S/C24H24N4O2/c1-16-21(14-18(15-25)27(16)2)23-26-22-7-5-4-6-20(22)24(29)28(23)13-12-17-8-10-19(30-3)11-9-17/h4-11,14,23,26H,12-13H2,1-3H3/t23-/m1/s1. The maximum absolute atomic E-state index is 13.4. The van der Waals surface area contributed by atoms with Crippen LogP contribution in [-0.4, -0.2) is 29.0 Å². The first-order valence-corrected chi connectivity index (χ1v) is 9.89. The fraction of sp³-hybridized carbons (Fsp3) is 0.250. The molecule has 1 aromatic heterocycles. The number of hydrogen-bond acceptors (Lipinski definition) is 4. The van der Waals surface area contributed by atoms with Gasteiger partial charge in [0.15, 0.2) is 0 Å². The van der Waals surface area contributed by atoms with Crippen molar-refractivity contribution in [2.24, 2.45) is 7.05 Å². The van der Waals surface area contributed by atoms with Crippen molar-refractivity contribution < 1.29 is 9.53 Å². The lowest BCUT2D eigenvalue weighted by molar-refractivity contribution is 0.0685. The lowest BCUT2D eigenvalue weighted by Gasteiger charge is -2.38. The van der Waals surface area contributed by atoms with Crippen LogP contribution in [0.25, 0.3) is 0 Å². The summed E-state index contributed by atoms with van der Waals surface area (Å²) in [5.74, 6) is 0.801. The van der Waals surface area contributed by atoms with E-state index >= 15 is 0 Å². The first-order chi connectivity index (χ1) is 14.5. The van der Waals surface area contributed by atoms with Crippen molar-refractivity contribution in [3.05, 3.63) is 82.7 Å². The molecule has 0 saturated heterocycles. The molecule has 1 aliphatic rings. The Morgan fingerprint density at radius 2 is 1.90 bits per heavy atom. The second-order valence-corrected chi connectivity index (χ2v) is 7.43. The molecule has 1 aliphatic heterocycles. The number of amides is 1. The Balaban J connectivity index is 1.68. The van der Waals surface area contributed by atoms with E-state index in [9.17, 15) is 10.1 Å². The largest absolute Gasteiger partial charge is 0.497 e. The fourth-order valence-corrected chi connectivity index (χ4v) is 3.92. The van der Waals surface area contributed by atoms with Crippen molar-refractivity contribution in [3.8, 4) is 11.8 Å². The molecule has 0 radical (unpaired) electrons. The number of benzene rings is 2. The van der Waals surface area contributed by atoms with Gasteiger partial charge >= 0.3 is 0 Å². The lowest BCUT2D eigenvalue weighted by Crippen LogP contribution is -2.44. The predicted molar refractivity (Wildman–Crippen MR) is 115 cm³/mol. The normalized spacial score (nSPS) is 15.3. The van der Waals surface area contributed by atoms with E-state index in [1.807, 2.05) is 78.0 Å². The van der Waals surface area contributed by atoms with E-state index in [0.717, 1.165) is 28.3 Å². The van der Waals surface area contributed by atoms with Crippen LogP contribution in [0.3, 0.4) is 0 Å². The molecule has 0 aliphatic carbocycles. The average Bonchev–Trinajstić information content (AvgIpc) is 3.07. The number of para-hydroxylation sites is 1. The maximum Gasteiger partial charge on any atom is 0.257 e. The monoisotopic (exact) mass is 400 g/mol. The maximum atomic E-state index is 13.4. The number of carbonyl (C=O) groups excluding carboxylic acids is 1. The molecule has 152 valence electrons. The van der Waals surface area contributed by atoms with Crippen LogP contribution in [0.4, 0.5) is 5.69 Å². The van der Waals surface area contributed by atoms with Crippen molar-refractivity contribution >= 4 is 11.6 Å². The summed E-state index contributed by atoms with van der Waals surface area (Å²) in [4.78, 5) is 15.2. The molecule has 4 rings (SSSR count). The van der Waals surface area contributed by atoms with Crippen molar-refractivity contribution in [2.45, 2.75) is 19.5 Å². The Hall–Kier alpha value is -3.72. The quantitative estimate of drug-likeness (QED) is 0.702. The number of nitrogens with one attached hydrogen (secondary N) is 1. The molecule has 1 atom stereocenters. The first kappa shape index (κ1) is 19.6. The number of hydrogen-bond donors (Lipinski definition) is 1. The van der Waals surface area contributed by atoms with Gasteiger partial charge in [0.2, 0.25) is 0 Å². The van der Waals surface area contributed by atoms with E-state index in [0.29, 0.717) is 24.2 Å². The fourth-order valence-electron chi connectivity index (χ4n) is 3.92. The third kappa shape index (κ3) is 3.39. The van der Waals surface area contributed by atoms with Crippen LogP contribution in [-0.2, 0) is 13.5 Å². The van der Waals surface area contributed by atoms with E-state index in [2.05, 4.69) is 11.4 Å². The highest BCUT2D eigenvalue weighted by Gasteiger charge is 2.34. The van der Waals surface area contributed by atoms with Gasteiger partial charge in [-0.2, -0.15) is 5.26 Å². The Labute approximate surface area is 176 Å². The van der Waals surface area contributed by atoms with Gasteiger partial charge in [-0.3, -0.25) is 4.79 Å². The summed E-state index contributed by atoms with van der Waals surface area (Å²) in [6.07, 6.45) is 0.381. The highest BCUT2D eigenvalue weighted by Crippen LogP contribution is 2.35. The van der Waals surface area contributed by atoms with Gasteiger partial charge in [0.25, 0.3) is 5.91 Å². The number of fused-ring (bicyclic) bond motifs is 1. The van der Waals surface area contributed by atoms with Crippen molar-refractivity contribution in [1.29, 1.82) is 5.26 Å². The molecule has 1 N–H and O–H groups in total. The molecular formula is C24H24N4O2. The van der Waals surface area contributed by atoms with Gasteiger partial charge in [-0.05, 0) is 49.2 Å². The van der Waals surface area contributed by atoms with E-state index in [4.69, 9.17) is 4.74 Å². The number of aromatic nitrogens is 1. The number of nitriles is 1. The molecule has 2 heterocycles. The van der Waals surface area contributed by atoms with Gasteiger partial charge in [0.05, 0.1) is 12.7 Å². The van der Waals surface area contributed by atoms with Crippen LogP contribution in [0.5, 0.6) is 5.75 Å². The molecular weight excluding hydrogens is 376 g/mol. The summed E-state index contributed by atoms with van der Waals surface area (Å²) < 4.78 is 7.09. The smallest absolute Gasteiger partial charge is 0.257 e. The highest BCUT2D eigenvalue weighted by molar-refractivity contribution is 6.01. The zero-order valence-corrected chi connectivity index (χ0v) is 17.3. The van der Waals surface area contributed by atoms with Gasteiger partial charge in [-0.1, -0.05) is 24.3 Å². The molecule has 2 aromatic carbocycles. The van der Waals surface area contributed by atoms with Gasteiger partial charge in [0.1, 0.15) is 23.7 Å². The van der Waals surface area contributed by atoms with Crippen molar-refractivity contribution in [2.75, 3.05) is 19.0 Å². The van der Waals surface area contributed by atoms with E-state index in [1.54, 1.807) is 7.11 Å². The van der Waals surface area contributed by atoms with Gasteiger partial charge in [-0.15, -0.1) is 0 Å². The Morgan fingerprint density at radius 3 is 2.57 bits per heavy atom. The molecule has 0 spiro atoms. The van der Waals surface area contributed by atoms with E-state index in [1.165, 1.54) is 0 Å². The Morgan fingerprint density at radius 1 is 1.17 bits per heavy atom. The minimum absolute atomic E-state index is 0.00961. The van der Waals surface area contributed by atoms with Crippen LogP contribution in [0, 0.1) is 18.3 Å². The summed E-state index contributed by atoms with van der Waals surface area (Å²) in [5, 5.41) is 13.0. The molecule has 6 heteroatoms. The molecule has 0 saturated carbocycles. The zero-order chi connectivity index (χ0) is 21.3. The molecule has 3 aromatic rings. The van der Waals surface area contributed by atoms with Crippen LogP contribution in [0.15, 0.2) is 54.6 Å². The molecule has 6 nitrogen and oxygen atoms in total. The van der Waals surface area contributed by atoms with Crippen molar-refractivity contribution in [1.82, 2.24) is 9.47 Å². The highest BCUT2D eigenvalue weighted by atomic mass is 16.5. The number of methoxy groups -OCH3 is 1. The van der Waals surface area contributed by atoms with Crippen molar-refractivity contribution in [3.63, 3.8) is 0 Å². The predicted octanol–water partition coefficient (Wildman–Crippen LogP) is 4.02. The molecule has 1 amide bonds. The van der Waals surface area contributed by atoms with Crippen LogP contribution < -0.4 is 10.1 Å². The first-order valence-electron chi connectivity index (χ1n) is 9.89. The molecule has 30 heavy (non-hydrogen) atoms. The second-order valence-electron chi connectivity index (χ2n) is 7.43. The lowest BCUT2D eigenvalue weighted by atomic mass is 10.0. The minimum Gasteiger partial charge on any atom is -0.497 e. The number of ether oxygens (including phenoxy) is 1. The summed E-state index contributed by atoms with van der Waals surface area (Å²) in [5.41, 5.74) is 5.08. The van der Waals surface area contributed by atoms with Gasteiger partial charge < -0.3 is 19.5 Å². The van der Waals surface area contributed by atoms with Gasteiger partial charge in [-0.25, -0.2) is 0 Å². The SMILES string of the molecule is COc1ccc(CCN2C(=O)c3ccccc3N[C@H]2c2cc(C#N)n(C)c2C)cc1. The summed E-state index contributed by atoms with van der Waals surface area (Å²) >= 11 is 0. The van der Waals surface area contributed by atoms with Crippen LogP contribution >= 0.6 is 0 Å². The van der Waals surface area contributed by atoms with E-state index in [-0.39, 0.29) is 12.1 Å². The number of rotatable bonds is 5. The number of carbonyl (C=O) groups is 1. The molecule has 0 bridgehead atoms. The number of nitrogens with zero attached hydrogens (tertiary/aromatic N) is 3. The Kier molecular flexibility index (Phi) is 5.20. The van der Waals surface area contributed by atoms with Crippen LogP contribution in [0.2, 0.25) is 0 Å². The summed E-state index contributed by atoms with van der Waals surface area (Å²) in [6, 6.07) is 19.6. The molecule has 0 unspecified atom stereocenters. The average molecular weight is 400 g/mol. The summed E-state index contributed by atoms with van der Waals surface area (Å²) in [6.45, 7) is 2.53. The third-order valence-corrected chi connectivity index (χ3v) is 5.81. The topological polar surface area (TPSA) is 70.3 Å². The minimum atomic E-state index is -0.334. The second kappa shape index (κ2) is 7.96. The summed E-state index contributed by atoms with van der Waals surface area (Å²) in [7, 11) is 3.52. The zero-order valence-electron chi connectivity index (χ0n) is 17.3. The van der Waals surface area contributed by atoms with Crippen LogP contribution in [0.1, 0.15) is 39.0 Å². The molecule has 0 fully saturated rings.